The summed E-state index contributed by atoms with van der Waals surface area (Å²) in [7, 11) is 0. The Hall–Kier alpha value is -0.740. The Morgan fingerprint density at radius 1 is 1.50 bits per heavy atom. The van der Waals surface area contributed by atoms with E-state index in [2.05, 4.69) is 28.2 Å². The van der Waals surface area contributed by atoms with Crippen molar-refractivity contribution in [3.8, 4) is 0 Å². The topological polar surface area (TPSA) is 58.3 Å². The molecule has 0 heterocycles. The van der Waals surface area contributed by atoms with Crippen LogP contribution in [0, 0.1) is 0 Å². The Bertz CT molecular complexity index is 353. The van der Waals surface area contributed by atoms with Gasteiger partial charge in [-0.1, -0.05) is 13.3 Å². The molecule has 4 heteroatoms. The third-order valence-electron chi connectivity index (χ3n) is 2.44. The third-order valence-corrected chi connectivity index (χ3v) is 3.10. The highest BCUT2D eigenvalue weighted by Crippen LogP contribution is 2.25. The largest absolute Gasteiger partial charge is 0.399 e. The van der Waals surface area contributed by atoms with Crippen LogP contribution in [0.2, 0.25) is 0 Å². The fourth-order valence-electron chi connectivity index (χ4n) is 1.59. The Labute approximate surface area is 105 Å². The van der Waals surface area contributed by atoms with Gasteiger partial charge in [0.15, 0.2) is 0 Å². The summed E-state index contributed by atoms with van der Waals surface area (Å²) < 4.78 is 0.916. The first-order chi connectivity index (χ1) is 7.44. The molecule has 1 unspecified atom stereocenters. The molecule has 16 heavy (non-hydrogen) atoms. The van der Waals surface area contributed by atoms with E-state index in [9.17, 15) is 5.11 Å². The first-order valence-corrected chi connectivity index (χ1v) is 6.25. The van der Waals surface area contributed by atoms with Crippen LogP contribution in [-0.4, -0.2) is 17.3 Å². The number of hydrogen-bond donors (Lipinski definition) is 3. The molecule has 0 fully saturated rings. The summed E-state index contributed by atoms with van der Waals surface area (Å²) in [6.45, 7) is 4.44. The molecule has 0 aliphatic heterocycles. The maximum atomic E-state index is 10.0. The average Bonchev–Trinajstić information content (AvgIpc) is 2.16. The van der Waals surface area contributed by atoms with E-state index < -0.39 is 5.60 Å². The van der Waals surface area contributed by atoms with Gasteiger partial charge in [0.05, 0.1) is 5.60 Å². The predicted octanol–water partition coefficient (Wildman–Crippen LogP) is 2.99. The van der Waals surface area contributed by atoms with E-state index in [4.69, 9.17) is 5.73 Å². The lowest BCUT2D eigenvalue weighted by Crippen LogP contribution is -2.33. The van der Waals surface area contributed by atoms with E-state index in [-0.39, 0.29) is 0 Å². The van der Waals surface area contributed by atoms with E-state index in [1.165, 1.54) is 0 Å². The maximum absolute atomic E-state index is 10.0. The SMILES string of the molecule is CCCC(C)(O)CNc1ccc(N)cc1Br. The summed E-state index contributed by atoms with van der Waals surface area (Å²) in [5, 5.41) is 13.2. The molecule has 90 valence electrons. The molecule has 0 aromatic heterocycles. The van der Waals surface area contributed by atoms with Gasteiger partial charge in [0.1, 0.15) is 0 Å². The molecule has 0 saturated carbocycles. The van der Waals surface area contributed by atoms with E-state index in [1.807, 2.05) is 25.1 Å². The first-order valence-electron chi connectivity index (χ1n) is 5.46. The number of benzene rings is 1. The van der Waals surface area contributed by atoms with Crippen LogP contribution >= 0.6 is 15.9 Å². The minimum absolute atomic E-state index is 0.531. The lowest BCUT2D eigenvalue weighted by molar-refractivity contribution is 0.0637. The zero-order chi connectivity index (χ0) is 12.2. The van der Waals surface area contributed by atoms with Crippen molar-refractivity contribution in [3.05, 3.63) is 22.7 Å². The highest BCUT2D eigenvalue weighted by Gasteiger charge is 2.18. The number of anilines is 2. The molecule has 1 atom stereocenters. The van der Waals surface area contributed by atoms with Crippen LogP contribution in [0.25, 0.3) is 0 Å². The normalized spacial score (nSPS) is 14.5. The monoisotopic (exact) mass is 286 g/mol. The van der Waals surface area contributed by atoms with Crippen LogP contribution in [0.5, 0.6) is 0 Å². The van der Waals surface area contributed by atoms with Gasteiger partial charge in [0.2, 0.25) is 0 Å². The second-order valence-corrected chi connectivity index (χ2v) is 5.19. The van der Waals surface area contributed by atoms with Gasteiger partial charge in [-0.05, 0) is 47.5 Å². The summed E-state index contributed by atoms with van der Waals surface area (Å²) in [6, 6.07) is 5.58. The summed E-state index contributed by atoms with van der Waals surface area (Å²) in [5.74, 6) is 0. The number of aliphatic hydroxyl groups is 1. The fourth-order valence-corrected chi connectivity index (χ4v) is 2.12. The number of rotatable bonds is 5. The molecule has 0 aliphatic carbocycles. The van der Waals surface area contributed by atoms with Gasteiger partial charge >= 0.3 is 0 Å². The van der Waals surface area contributed by atoms with Crippen molar-refractivity contribution >= 4 is 27.3 Å². The zero-order valence-corrected chi connectivity index (χ0v) is 11.3. The standard InChI is InChI=1S/C12H19BrN2O/c1-3-6-12(2,16)8-15-11-5-4-9(14)7-10(11)13/h4-5,7,15-16H,3,6,8,14H2,1-2H3. The average molecular weight is 287 g/mol. The Morgan fingerprint density at radius 3 is 2.75 bits per heavy atom. The predicted molar refractivity (Wildman–Crippen MR) is 72.6 cm³/mol. The molecule has 4 N–H and O–H groups in total. The van der Waals surface area contributed by atoms with Crippen LogP contribution in [0.4, 0.5) is 11.4 Å². The molecule has 0 bridgehead atoms. The summed E-state index contributed by atoms with van der Waals surface area (Å²) in [4.78, 5) is 0. The Balaban J connectivity index is 2.61. The van der Waals surface area contributed by atoms with Crippen LogP contribution in [0.15, 0.2) is 22.7 Å². The van der Waals surface area contributed by atoms with Crippen LogP contribution in [0.1, 0.15) is 26.7 Å². The molecule has 1 rings (SSSR count). The molecule has 1 aromatic carbocycles. The number of hydrogen-bond acceptors (Lipinski definition) is 3. The van der Waals surface area contributed by atoms with Crippen molar-refractivity contribution in [3.63, 3.8) is 0 Å². The van der Waals surface area contributed by atoms with E-state index in [1.54, 1.807) is 0 Å². The van der Waals surface area contributed by atoms with Crippen LogP contribution < -0.4 is 11.1 Å². The maximum Gasteiger partial charge on any atom is 0.0791 e. The summed E-state index contributed by atoms with van der Waals surface area (Å²) in [5.41, 5.74) is 6.65. The van der Waals surface area contributed by atoms with Crippen LogP contribution in [0.3, 0.4) is 0 Å². The molecule has 0 aliphatic rings. The molecule has 0 spiro atoms. The first kappa shape index (κ1) is 13.3. The smallest absolute Gasteiger partial charge is 0.0791 e. The van der Waals surface area contributed by atoms with Crippen molar-refractivity contribution in [2.45, 2.75) is 32.3 Å². The van der Waals surface area contributed by atoms with Crippen molar-refractivity contribution in [1.82, 2.24) is 0 Å². The van der Waals surface area contributed by atoms with Gasteiger partial charge in [-0.3, -0.25) is 0 Å². The van der Waals surface area contributed by atoms with Crippen molar-refractivity contribution in [2.75, 3.05) is 17.6 Å². The van der Waals surface area contributed by atoms with E-state index in [0.717, 1.165) is 28.7 Å². The molecule has 1 aromatic rings. The lowest BCUT2D eigenvalue weighted by Gasteiger charge is -2.24. The Kier molecular flexibility index (Phi) is 4.62. The second-order valence-electron chi connectivity index (χ2n) is 4.34. The summed E-state index contributed by atoms with van der Waals surface area (Å²) >= 11 is 3.43. The van der Waals surface area contributed by atoms with Gasteiger partial charge in [0, 0.05) is 22.4 Å². The van der Waals surface area contributed by atoms with Gasteiger partial charge < -0.3 is 16.2 Å². The minimum Gasteiger partial charge on any atom is -0.399 e. The quantitative estimate of drug-likeness (QED) is 0.730. The van der Waals surface area contributed by atoms with E-state index >= 15 is 0 Å². The molecule has 0 radical (unpaired) electrons. The van der Waals surface area contributed by atoms with Crippen molar-refractivity contribution in [2.24, 2.45) is 0 Å². The van der Waals surface area contributed by atoms with Crippen molar-refractivity contribution in [1.29, 1.82) is 0 Å². The second kappa shape index (κ2) is 5.55. The van der Waals surface area contributed by atoms with Gasteiger partial charge in [0.25, 0.3) is 0 Å². The highest BCUT2D eigenvalue weighted by molar-refractivity contribution is 9.10. The van der Waals surface area contributed by atoms with Gasteiger partial charge in [-0.2, -0.15) is 0 Å². The summed E-state index contributed by atoms with van der Waals surface area (Å²) in [6.07, 6.45) is 1.75. The fraction of sp³-hybridized carbons (Fsp3) is 0.500. The van der Waals surface area contributed by atoms with Crippen molar-refractivity contribution < 1.29 is 5.11 Å². The number of nitrogen functional groups attached to an aromatic ring is 1. The minimum atomic E-state index is -0.671. The number of halogens is 1. The zero-order valence-electron chi connectivity index (χ0n) is 9.76. The highest BCUT2D eigenvalue weighted by atomic mass is 79.9. The third kappa shape index (κ3) is 4.02. The molecule has 0 amide bonds. The Morgan fingerprint density at radius 2 is 2.19 bits per heavy atom. The molecule has 0 saturated heterocycles. The van der Waals surface area contributed by atoms with Crippen LogP contribution in [-0.2, 0) is 0 Å². The van der Waals surface area contributed by atoms with Gasteiger partial charge in [-0.15, -0.1) is 0 Å². The molecule has 3 nitrogen and oxygen atoms in total. The molecular weight excluding hydrogens is 268 g/mol. The molecular formula is C12H19BrN2O. The van der Waals surface area contributed by atoms with Gasteiger partial charge in [-0.25, -0.2) is 0 Å². The lowest BCUT2D eigenvalue weighted by atomic mass is 10.0. The number of nitrogens with one attached hydrogen (secondary N) is 1. The van der Waals surface area contributed by atoms with E-state index in [0.29, 0.717) is 6.54 Å². The number of nitrogens with two attached hydrogens (primary N) is 1.